The Morgan fingerprint density at radius 2 is 1.79 bits per heavy atom. The van der Waals surface area contributed by atoms with Crippen LogP contribution in [0.1, 0.15) is 56.1 Å². The number of esters is 1. The Labute approximate surface area is 235 Å². The average Bonchev–Trinajstić information content (AvgIpc) is 3.29. The fourth-order valence-corrected chi connectivity index (χ4v) is 8.84. The number of carbonyl (C=O) groups excluding carboxylic acids is 3. The predicted molar refractivity (Wildman–Crippen MR) is 154 cm³/mol. The lowest BCUT2D eigenvalue weighted by Gasteiger charge is -2.36. The van der Waals surface area contributed by atoms with Gasteiger partial charge in [0, 0.05) is 30.6 Å². The van der Waals surface area contributed by atoms with Crippen molar-refractivity contribution in [1.29, 1.82) is 0 Å². The lowest BCUT2D eigenvalue weighted by atomic mass is 9.78. The Kier molecular flexibility index (Phi) is 8.52. The normalized spacial score (nSPS) is 31.4. The van der Waals surface area contributed by atoms with Crippen molar-refractivity contribution in [2.75, 3.05) is 31.2 Å². The monoisotopic (exact) mass is 552 g/mol. The molecule has 2 fully saturated rings. The molecular formula is C31H40N2O5S. The zero-order valence-corrected chi connectivity index (χ0v) is 23.8. The Hall–Kier alpha value is -2.58. The molecule has 1 unspecified atom stereocenters. The first-order valence-corrected chi connectivity index (χ1v) is 15.3. The molecule has 4 aliphatic heterocycles. The van der Waals surface area contributed by atoms with E-state index in [1.807, 2.05) is 43.0 Å². The van der Waals surface area contributed by atoms with E-state index < -0.39 is 22.6 Å². The van der Waals surface area contributed by atoms with Gasteiger partial charge in [-0.15, -0.1) is 11.8 Å². The van der Waals surface area contributed by atoms with E-state index in [9.17, 15) is 19.5 Å². The van der Waals surface area contributed by atoms with E-state index in [0.717, 1.165) is 61.8 Å². The maximum Gasteiger partial charge on any atom is 0.311 e. The van der Waals surface area contributed by atoms with Gasteiger partial charge in [0.15, 0.2) is 0 Å². The fraction of sp³-hybridized carbons (Fsp3) is 0.581. The summed E-state index contributed by atoms with van der Waals surface area (Å²) in [7, 11) is 0. The van der Waals surface area contributed by atoms with Crippen LogP contribution in [0.15, 0.2) is 42.5 Å². The number of hydrogen-bond donors (Lipinski definition) is 1. The summed E-state index contributed by atoms with van der Waals surface area (Å²) in [6.07, 6.45) is 14.2. The second-order valence-corrected chi connectivity index (χ2v) is 12.7. The molecule has 0 aromatic heterocycles. The number of benzene rings is 1. The molecule has 0 radical (unpaired) electrons. The number of ether oxygens (including phenoxy) is 1. The number of aliphatic hydroxyl groups is 1. The summed E-state index contributed by atoms with van der Waals surface area (Å²) < 4.78 is 4.87. The molecule has 39 heavy (non-hydrogen) atoms. The van der Waals surface area contributed by atoms with Gasteiger partial charge in [0.1, 0.15) is 6.04 Å². The van der Waals surface area contributed by atoms with Gasteiger partial charge in [-0.3, -0.25) is 14.4 Å². The first-order valence-electron chi connectivity index (χ1n) is 14.4. The largest absolute Gasteiger partial charge is 0.465 e. The molecule has 0 bridgehead atoms. The van der Waals surface area contributed by atoms with E-state index in [1.165, 1.54) is 0 Å². The Morgan fingerprint density at radius 3 is 2.56 bits per heavy atom. The summed E-state index contributed by atoms with van der Waals surface area (Å²) in [6, 6.07) is 5.32. The van der Waals surface area contributed by atoms with Gasteiger partial charge in [0.25, 0.3) is 5.91 Å². The number of hydrogen-bond acceptors (Lipinski definition) is 6. The SMILES string of the molecule is Cc1cccc(C)c1N1CC=C[C@]23S[C@H]4/C=C\CCCCOC(=O)[C@H]4[C@H]2C(=O)N(CCCCCCO)C3C1=O. The number of carbonyl (C=O) groups is 3. The molecule has 0 aliphatic carbocycles. The zero-order chi connectivity index (χ0) is 27.6. The number of cyclic esters (lactones) is 1. The molecule has 2 amide bonds. The number of nitrogens with zero attached hydrogens (tertiary/aromatic N) is 2. The maximum absolute atomic E-state index is 14.6. The fourth-order valence-electron chi connectivity index (χ4n) is 6.84. The topological polar surface area (TPSA) is 87.2 Å². The van der Waals surface area contributed by atoms with Crippen LogP contribution >= 0.6 is 11.8 Å². The highest BCUT2D eigenvalue weighted by atomic mass is 32.2. The molecule has 5 rings (SSSR count). The number of likely N-dealkylation sites (tertiary alicyclic amines) is 1. The van der Waals surface area contributed by atoms with E-state index in [1.54, 1.807) is 16.7 Å². The van der Waals surface area contributed by atoms with Crippen LogP contribution in [0.4, 0.5) is 5.69 Å². The molecule has 4 heterocycles. The third-order valence-corrected chi connectivity index (χ3v) is 10.4. The number of unbranched alkanes of at least 4 members (excludes halogenated alkanes) is 3. The first kappa shape index (κ1) is 28.0. The van der Waals surface area contributed by atoms with Crippen molar-refractivity contribution in [2.45, 2.75) is 74.8 Å². The van der Waals surface area contributed by atoms with E-state index in [2.05, 4.69) is 18.2 Å². The molecule has 8 heteroatoms. The third kappa shape index (κ3) is 5.06. The van der Waals surface area contributed by atoms with Crippen LogP contribution < -0.4 is 4.90 Å². The van der Waals surface area contributed by atoms with Gasteiger partial charge in [0.05, 0.1) is 23.2 Å². The van der Waals surface area contributed by atoms with E-state index in [-0.39, 0.29) is 29.6 Å². The number of amides is 2. The number of anilines is 1. The summed E-state index contributed by atoms with van der Waals surface area (Å²) >= 11 is 1.60. The van der Waals surface area contributed by atoms with Gasteiger partial charge in [0.2, 0.25) is 5.91 Å². The minimum absolute atomic E-state index is 0.0860. The van der Waals surface area contributed by atoms with Crippen LogP contribution in [-0.2, 0) is 19.1 Å². The second-order valence-electron chi connectivity index (χ2n) is 11.2. The predicted octanol–water partition coefficient (Wildman–Crippen LogP) is 4.34. The quantitative estimate of drug-likeness (QED) is 0.308. The van der Waals surface area contributed by atoms with Crippen LogP contribution in [0.2, 0.25) is 0 Å². The number of rotatable bonds is 7. The van der Waals surface area contributed by atoms with Crippen LogP contribution in [0.3, 0.4) is 0 Å². The highest BCUT2D eigenvalue weighted by Crippen LogP contribution is 2.61. The summed E-state index contributed by atoms with van der Waals surface area (Å²) in [5.41, 5.74) is 2.93. The summed E-state index contributed by atoms with van der Waals surface area (Å²) in [4.78, 5) is 46.0. The summed E-state index contributed by atoms with van der Waals surface area (Å²) in [6.45, 7) is 5.42. The van der Waals surface area contributed by atoms with Crippen LogP contribution in [0.25, 0.3) is 0 Å². The molecule has 210 valence electrons. The molecular weight excluding hydrogens is 512 g/mol. The van der Waals surface area contributed by atoms with Gasteiger partial charge in [-0.05, 0) is 57.1 Å². The van der Waals surface area contributed by atoms with Gasteiger partial charge >= 0.3 is 5.97 Å². The van der Waals surface area contributed by atoms with E-state index >= 15 is 0 Å². The lowest BCUT2D eigenvalue weighted by molar-refractivity contribution is -0.153. The number of allylic oxidation sites excluding steroid dienone is 1. The van der Waals surface area contributed by atoms with Crippen LogP contribution in [0, 0.1) is 25.7 Å². The highest BCUT2D eigenvalue weighted by molar-refractivity contribution is 8.02. The number of thioether (sulfide) groups is 1. The standard InChI is InChI=1S/C31H40N2O5S/c1-21-13-11-14-22(2)26(21)32-18-12-16-31-25(24-23(39-31)15-7-3-6-10-20-38-30(24)37)28(35)33(27(31)29(32)36)17-8-4-5-9-19-34/h7,11-16,23-25,27,34H,3-6,8-10,17-20H2,1-2H3/b15-7-/t23-,24+,25-,27?,31-/m0/s1. The van der Waals surface area contributed by atoms with E-state index in [0.29, 0.717) is 19.7 Å². The minimum Gasteiger partial charge on any atom is -0.465 e. The lowest BCUT2D eigenvalue weighted by Crippen LogP contribution is -2.53. The Balaban J connectivity index is 1.56. The van der Waals surface area contributed by atoms with Gasteiger partial charge < -0.3 is 19.6 Å². The molecule has 1 spiro atoms. The second kappa shape index (κ2) is 11.9. The smallest absolute Gasteiger partial charge is 0.311 e. The van der Waals surface area contributed by atoms with Crippen molar-refractivity contribution in [3.05, 3.63) is 53.6 Å². The van der Waals surface area contributed by atoms with Gasteiger partial charge in [-0.2, -0.15) is 0 Å². The van der Waals surface area contributed by atoms with Crippen molar-refractivity contribution in [1.82, 2.24) is 4.90 Å². The zero-order valence-electron chi connectivity index (χ0n) is 23.0. The van der Waals surface area contributed by atoms with Crippen molar-refractivity contribution < 1.29 is 24.2 Å². The third-order valence-electron chi connectivity index (χ3n) is 8.62. The molecule has 1 aromatic carbocycles. The number of aryl methyl sites for hydroxylation is 2. The molecule has 1 aromatic rings. The molecule has 2 saturated heterocycles. The van der Waals surface area contributed by atoms with Crippen molar-refractivity contribution >= 4 is 35.2 Å². The van der Waals surface area contributed by atoms with E-state index in [4.69, 9.17) is 4.74 Å². The maximum atomic E-state index is 14.6. The van der Waals surface area contributed by atoms with Crippen molar-refractivity contribution in [3.8, 4) is 0 Å². The Morgan fingerprint density at radius 1 is 1.03 bits per heavy atom. The molecule has 7 nitrogen and oxygen atoms in total. The summed E-state index contributed by atoms with van der Waals surface area (Å²) in [5.74, 6) is -1.80. The molecule has 4 aliphatic rings. The summed E-state index contributed by atoms with van der Waals surface area (Å²) in [5, 5.41) is 8.95. The van der Waals surface area contributed by atoms with Crippen molar-refractivity contribution in [3.63, 3.8) is 0 Å². The number of fused-ring (bicyclic) bond motifs is 2. The Bertz CT molecular complexity index is 1150. The molecule has 5 atom stereocenters. The molecule has 1 N–H and O–H groups in total. The van der Waals surface area contributed by atoms with Crippen molar-refractivity contribution in [2.24, 2.45) is 11.8 Å². The van der Waals surface area contributed by atoms with Gasteiger partial charge in [-0.25, -0.2) is 0 Å². The number of para-hydroxylation sites is 1. The highest BCUT2D eigenvalue weighted by Gasteiger charge is 2.70. The molecule has 0 saturated carbocycles. The first-order chi connectivity index (χ1) is 18.9. The average molecular weight is 553 g/mol. The minimum atomic E-state index is -0.836. The van der Waals surface area contributed by atoms with Crippen LogP contribution in [0.5, 0.6) is 0 Å². The van der Waals surface area contributed by atoms with Crippen LogP contribution in [-0.4, -0.2) is 70.1 Å². The van der Waals surface area contributed by atoms with Gasteiger partial charge in [-0.1, -0.05) is 55.3 Å². The number of aliphatic hydroxyl groups excluding tert-OH is 1.